The van der Waals surface area contributed by atoms with Crippen LogP contribution in [0.3, 0.4) is 0 Å². The van der Waals surface area contributed by atoms with Gasteiger partial charge in [0.2, 0.25) is 15.9 Å². The fourth-order valence-electron chi connectivity index (χ4n) is 2.60. The summed E-state index contributed by atoms with van der Waals surface area (Å²) in [5.41, 5.74) is 1.69. The summed E-state index contributed by atoms with van der Waals surface area (Å²) in [5, 5.41) is 0. The second-order valence-corrected chi connectivity index (χ2v) is 8.66. The lowest BCUT2D eigenvalue weighted by Gasteiger charge is -2.32. The molecule has 1 heterocycles. The number of carbonyl (C=O) groups is 1. The molecule has 1 saturated heterocycles. The average molecular weight is 324 g/mol. The van der Waals surface area contributed by atoms with E-state index in [1.165, 1.54) is 0 Å². The minimum atomic E-state index is -3.60. The van der Waals surface area contributed by atoms with Crippen LogP contribution in [-0.4, -0.2) is 37.4 Å². The van der Waals surface area contributed by atoms with Crippen LogP contribution in [0.1, 0.15) is 38.3 Å². The minimum absolute atomic E-state index is 0.0136. The van der Waals surface area contributed by atoms with Crippen LogP contribution in [0.15, 0.2) is 23.1 Å². The summed E-state index contributed by atoms with van der Waals surface area (Å²) in [6.45, 7) is 10.1. The van der Waals surface area contributed by atoms with Crippen molar-refractivity contribution in [2.75, 3.05) is 6.54 Å². The highest BCUT2D eigenvalue weighted by atomic mass is 32.2. The Labute approximate surface area is 132 Å². The molecule has 1 aromatic rings. The van der Waals surface area contributed by atoms with Crippen molar-refractivity contribution in [2.24, 2.45) is 0 Å². The number of benzene rings is 1. The van der Waals surface area contributed by atoms with Crippen molar-refractivity contribution in [1.82, 2.24) is 9.62 Å². The molecule has 0 aromatic heterocycles. The number of hydrogen-bond donors (Lipinski definition) is 1. The molecule has 1 atom stereocenters. The summed E-state index contributed by atoms with van der Waals surface area (Å²) >= 11 is 0. The van der Waals surface area contributed by atoms with Crippen molar-refractivity contribution in [2.45, 2.75) is 57.5 Å². The van der Waals surface area contributed by atoms with Gasteiger partial charge in [-0.15, -0.1) is 0 Å². The minimum Gasteiger partial charge on any atom is -0.336 e. The first-order valence-electron chi connectivity index (χ1n) is 7.41. The van der Waals surface area contributed by atoms with Crippen LogP contribution in [0.25, 0.3) is 0 Å². The van der Waals surface area contributed by atoms with Crippen LogP contribution in [-0.2, 0) is 14.8 Å². The lowest BCUT2D eigenvalue weighted by molar-refractivity contribution is -0.131. The Morgan fingerprint density at radius 3 is 2.32 bits per heavy atom. The largest absolute Gasteiger partial charge is 0.336 e. The van der Waals surface area contributed by atoms with E-state index in [9.17, 15) is 13.2 Å². The molecule has 1 aliphatic rings. The van der Waals surface area contributed by atoms with E-state index < -0.39 is 10.0 Å². The zero-order valence-corrected chi connectivity index (χ0v) is 14.6. The van der Waals surface area contributed by atoms with Crippen LogP contribution in [0.5, 0.6) is 0 Å². The highest BCUT2D eigenvalue weighted by Crippen LogP contribution is 2.23. The summed E-state index contributed by atoms with van der Waals surface area (Å²) in [6, 6.07) is 4.68. The van der Waals surface area contributed by atoms with Crippen molar-refractivity contribution in [3.63, 3.8) is 0 Å². The number of carbonyl (C=O) groups excluding carboxylic acids is 1. The summed E-state index contributed by atoms with van der Waals surface area (Å²) in [5.74, 6) is -0.0136. The molecular formula is C16H24N2O3S. The molecule has 6 heteroatoms. The van der Waals surface area contributed by atoms with Crippen LogP contribution in [0.4, 0.5) is 0 Å². The first kappa shape index (κ1) is 17.0. The second-order valence-electron chi connectivity index (χ2n) is 6.94. The molecule has 1 amide bonds. The van der Waals surface area contributed by atoms with E-state index in [0.29, 0.717) is 6.54 Å². The molecule has 0 bridgehead atoms. The summed E-state index contributed by atoms with van der Waals surface area (Å²) < 4.78 is 27.6. The average Bonchev–Trinajstić information content (AvgIpc) is 2.72. The topological polar surface area (TPSA) is 66.5 Å². The number of likely N-dealkylation sites (tertiary alicyclic amines) is 1. The molecule has 0 spiro atoms. The molecule has 1 aliphatic heterocycles. The van der Waals surface area contributed by atoms with Crippen molar-refractivity contribution >= 4 is 15.9 Å². The van der Waals surface area contributed by atoms with E-state index in [2.05, 4.69) is 4.72 Å². The lowest BCUT2D eigenvalue weighted by atomic mass is 10.1. The summed E-state index contributed by atoms with van der Waals surface area (Å²) in [6.07, 6.45) is 0.210. The number of rotatable bonds is 3. The maximum atomic E-state index is 12.5. The quantitative estimate of drug-likeness (QED) is 0.924. The van der Waals surface area contributed by atoms with Gasteiger partial charge in [-0.25, -0.2) is 13.1 Å². The number of nitrogens with zero attached hydrogens (tertiary/aromatic N) is 1. The number of aryl methyl sites for hydroxylation is 2. The Morgan fingerprint density at radius 2 is 1.82 bits per heavy atom. The van der Waals surface area contributed by atoms with Gasteiger partial charge in [0.05, 0.1) is 4.90 Å². The predicted molar refractivity (Wildman–Crippen MR) is 86.1 cm³/mol. The highest BCUT2D eigenvalue weighted by Gasteiger charge is 2.37. The Kier molecular flexibility index (Phi) is 4.37. The third-order valence-electron chi connectivity index (χ3n) is 4.05. The lowest BCUT2D eigenvalue weighted by Crippen LogP contribution is -2.44. The molecule has 1 fully saturated rings. The Bertz CT molecular complexity index is 690. The van der Waals surface area contributed by atoms with E-state index in [1.54, 1.807) is 23.1 Å². The number of nitrogens with one attached hydrogen (secondary N) is 1. The number of sulfonamides is 1. The molecule has 0 saturated carbocycles. The van der Waals surface area contributed by atoms with Crippen molar-refractivity contribution in [1.29, 1.82) is 0 Å². The Hall–Kier alpha value is -1.40. The fraction of sp³-hybridized carbons (Fsp3) is 0.562. The molecule has 1 aromatic carbocycles. The number of amides is 1. The smallest absolute Gasteiger partial charge is 0.240 e. The first-order chi connectivity index (χ1) is 10.0. The molecule has 2 rings (SSSR count). The van der Waals surface area contributed by atoms with Crippen LogP contribution >= 0.6 is 0 Å². The fourth-order valence-corrected chi connectivity index (χ4v) is 3.92. The monoisotopic (exact) mass is 324 g/mol. The maximum absolute atomic E-state index is 12.5. The Balaban J connectivity index is 2.16. The van der Waals surface area contributed by atoms with E-state index in [0.717, 1.165) is 11.1 Å². The van der Waals surface area contributed by atoms with Gasteiger partial charge in [0, 0.05) is 24.5 Å². The van der Waals surface area contributed by atoms with Gasteiger partial charge in [-0.1, -0.05) is 6.07 Å². The second kappa shape index (κ2) is 5.66. The van der Waals surface area contributed by atoms with Crippen molar-refractivity contribution < 1.29 is 13.2 Å². The molecular weight excluding hydrogens is 300 g/mol. The third kappa shape index (κ3) is 3.50. The van der Waals surface area contributed by atoms with Gasteiger partial charge in [0.15, 0.2) is 0 Å². The van der Waals surface area contributed by atoms with Crippen molar-refractivity contribution in [3.05, 3.63) is 29.3 Å². The van der Waals surface area contributed by atoms with Gasteiger partial charge < -0.3 is 4.90 Å². The molecule has 122 valence electrons. The standard InChI is InChI=1S/C16H24N2O3S/c1-11-6-7-14(8-12(11)2)22(20,21)17-13-9-15(19)18(10-13)16(3,4)5/h6-8,13,17H,9-10H2,1-5H3. The summed E-state index contributed by atoms with van der Waals surface area (Å²) in [7, 11) is -3.60. The van der Waals surface area contributed by atoms with Gasteiger partial charge in [0.25, 0.3) is 0 Å². The first-order valence-corrected chi connectivity index (χ1v) is 8.89. The predicted octanol–water partition coefficient (Wildman–Crippen LogP) is 1.98. The Morgan fingerprint density at radius 1 is 1.18 bits per heavy atom. The van der Waals surface area contributed by atoms with Crippen LogP contribution in [0.2, 0.25) is 0 Å². The zero-order valence-electron chi connectivity index (χ0n) is 13.8. The third-order valence-corrected chi connectivity index (χ3v) is 5.56. The van der Waals surface area contributed by atoms with Gasteiger partial charge >= 0.3 is 0 Å². The van der Waals surface area contributed by atoms with Gasteiger partial charge in [-0.2, -0.15) is 0 Å². The summed E-state index contributed by atoms with van der Waals surface area (Å²) in [4.78, 5) is 14.0. The van der Waals surface area contributed by atoms with Crippen LogP contribution < -0.4 is 4.72 Å². The molecule has 5 nitrogen and oxygen atoms in total. The molecule has 1 unspecified atom stereocenters. The van der Waals surface area contributed by atoms with E-state index in [1.807, 2.05) is 34.6 Å². The van der Waals surface area contributed by atoms with Crippen molar-refractivity contribution in [3.8, 4) is 0 Å². The highest BCUT2D eigenvalue weighted by molar-refractivity contribution is 7.89. The normalized spacial score (nSPS) is 19.8. The molecule has 0 aliphatic carbocycles. The number of hydrogen-bond acceptors (Lipinski definition) is 3. The SMILES string of the molecule is Cc1ccc(S(=O)(=O)NC2CC(=O)N(C(C)(C)C)C2)cc1C. The van der Waals surface area contributed by atoms with Crippen LogP contribution in [0, 0.1) is 13.8 Å². The maximum Gasteiger partial charge on any atom is 0.240 e. The van der Waals surface area contributed by atoms with E-state index in [-0.39, 0.29) is 28.8 Å². The van der Waals surface area contributed by atoms with Gasteiger partial charge in [-0.3, -0.25) is 4.79 Å². The molecule has 0 radical (unpaired) electrons. The molecule has 22 heavy (non-hydrogen) atoms. The van der Waals surface area contributed by atoms with Gasteiger partial charge in [0.1, 0.15) is 0 Å². The van der Waals surface area contributed by atoms with Gasteiger partial charge in [-0.05, 0) is 57.9 Å². The zero-order chi connectivity index (χ0) is 16.7. The van der Waals surface area contributed by atoms with E-state index in [4.69, 9.17) is 0 Å². The molecule has 1 N–H and O–H groups in total. The van der Waals surface area contributed by atoms with E-state index >= 15 is 0 Å².